The van der Waals surface area contributed by atoms with Gasteiger partial charge < -0.3 is 149 Å². The highest BCUT2D eigenvalue weighted by molar-refractivity contribution is 5.89. The minimum Gasteiger partial charge on any atom is -0.479 e. The molecule has 10 fully saturated rings. The highest BCUT2D eigenvalue weighted by atomic mass is 16.8. The van der Waals surface area contributed by atoms with Gasteiger partial charge in [-0.05, 0) is 94.4 Å². The number of benzene rings is 1. The van der Waals surface area contributed by atoms with E-state index in [0.717, 1.165) is 0 Å². The Kier molecular flexibility index (Phi) is 47.8. The van der Waals surface area contributed by atoms with Gasteiger partial charge in [0, 0.05) is 90.1 Å². The molecule has 0 spiro atoms. The fourth-order valence-electron chi connectivity index (χ4n) is 19.8. The standard InChI is InChI=1S/C53H78N6O20.C37H62N6O17.2CO2/c1-23-24(2)39(56-58-54)51(71-36(23)20-67-32(10)60)78-44-26(4)28(6)50(79-46(44)48(64)65-13)76-43-29(7)40(57-59-55)52(73-38(43)22-69-34(12)62)75-41-30(8)45(74-47(63)35-18-16-15-17-19-35)53(70-31(41)9)77-42-25(3)27(5)49(66-14)72-37(42)21-68-33(11)61;1-13-14(2)24(40-42-38)35(53-20(13)9-44)58-29-16(4)18(6)34(60-31(29)32(49)50)59-30-22(11-46)55-36(25(27(30)48)41-43-39)56-23-12-52-37(26(47)19(23)7)57-28-15(3)17(5)33(51-8)54-21(28)10-45;2*2-1-3/h15-19,23-31,36-46,49-53H,20-22H2,1-14H3;13-31,33-37,44-48H,9-12H2,1-8H3,(H,49,50);;/t23-,24-,25+,26+,27?,28?,29+,30?,31-,36?,37?,38?,39?,40?,41-,42-,43-,44-,45?,46?,49-,50+,51+,52+,53-;13-,14-,15+,16+,17?,18?,19?,20?,21?,22?,23+,24?,25?,26?,27+,28-,29-,30+,31?,33-,34+,35+,36+,37-;;/m00../s1. The third kappa shape index (κ3) is 29.8. The average Bonchev–Trinajstić information content (AvgIpc) is 0.760. The topological polar surface area (TPSA) is 718 Å². The molecule has 53 heteroatoms. The van der Waals surface area contributed by atoms with Crippen LogP contribution in [0.2, 0.25) is 0 Å². The highest BCUT2D eigenvalue weighted by Gasteiger charge is 2.60. The third-order valence-electron chi connectivity index (χ3n) is 29.7. The number of aliphatic hydroxyl groups excluding tert-OH is 5. The van der Waals surface area contributed by atoms with Gasteiger partial charge in [0.15, 0.2) is 81.2 Å². The number of aliphatic hydroxyl groups is 5. The Morgan fingerprint density at radius 1 is 0.366 bits per heavy atom. The SMILES string of the molecule is COC(=O)C1O[C@@H](O[C@@H]2C(COC(C)=O)O[C@H](O[C@H]3C(C)C(OC(=O)c4ccccc4)[C@H](O[C@@H]4C(COC(C)=O)O[C@H](OC)C(C)[C@H]4C)O[C@H]3C)C(N=[N+]=[N-])[C@H]2C)C(C)[C@@H](C)[C@@H]1O[C@H]1OC(COC(C)=O)[C@@H](C)[C@H](C)C1N=[N+]=[N-].CO[C@H]1OC(CO)[C@@H](O[C@@H]2OC[C@@H](O[C@H]3OC(CO)[C@@H](O[C@@H]4OC(C(=O)O)[C@@H](O[C@H]5OC(CO)[C@@H](C)[C@H](C)C5N=[N+]=[N-])[C@H](C)C4C)[C@H](O)C3N=[N+]=[N-])C(C)C2O)[C@H](C)C1C.O=C=O.O=C=O. The molecule has 10 heterocycles. The van der Waals surface area contributed by atoms with Crippen LogP contribution in [0.25, 0.3) is 41.8 Å². The maximum atomic E-state index is 13.9. The molecule has 814 valence electrons. The van der Waals surface area contributed by atoms with Gasteiger partial charge in [0.05, 0.1) is 112 Å². The van der Waals surface area contributed by atoms with E-state index in [1.165, 1.54) is 42.1 Å². The van der Waals surface area contributed by atoms with Crippen molar-refractivity contribution in [3.8, 4) is 0 Å². The summed E-state index contributed by atoms with van der Waals surface area (Å²) in [4.78, 5) is 121. The zero-order valence-electron chi connectivity index (χ0n) is 85.0. The summed E-state index contributed by atoms with van der Waals surface area (Å²) in [5, 5.41) is 79.5. The van der Waals surface area contributed by atoms with Crippen LogP contribution in [0.1, 0.15) is 142 Å². The molecule has 0 radical (unpaired) electrons. The summed E-state index contributed by atoms with van der Waals surface area (Å²) in [5.41, 5.74) is 38.7. The van der Waals surface area contributed by atoms with Gasteiger partial charge in [-0.3, -0.25) is 14.4 Å². The fourth-order valence-corrected chi connectivity index (χ4v) is 19.8. The largest absolute Gasteiger partial charge is 0.479 e. The lowest BCUT2D eigenvalue weighted by molar-refractivity contribution is -0.361. The number of carbonyl (C=O) groups excluding carboxylic acids is 9. The third-order valence-corrected chi connectivity index (χ3v) is 29.7. The van der Waals surface area contributed by atoms with Crippen molar-refractivity contribution in [3.05, 3.63) is 77.7 Å². The van der Waals surface area contributed by atoms with E-state index in [4.69, 9.17) is 138 Å². The molecule has 0 amide bonds. The summed E-state index contributed by atoms with van der Waals surface area (Å²) >= 11 is 0. The lowest BCUT2D eigenvalue weighted by atomic mass is 9.81. The molecule has 0 bridgehead atoms. The van der Waals surface area contributed by atoms with Crippen molar-refractivity contribution in [3.63, 3.8) is 0 Å². The van der Waals surface area contributed by atoms with E-state index in [0.29, 0.717) is 0 Å². The maximum Gasteiger partial charge on any atom is 0.373 e. The molecule has 49 atom stereocenters. The van der Waals surface area contributed by atoms with Crippen LogP contribution in [0.4, 0.5) is 0 Å². The van der Waals surface area contributed by atoms with Crippen LogP contribution < -0.4 is 0 Å². The van der Waals surface area contributed by atoms with E-state index in [9.17, 15) is 81.5 Å². The molecule has 53 nitrogen and oxygen atoms in total. The normalized spacial score (nSPS) is 42.2. The lowest BCUT2D eigenvalue weighted by Gasteiger charge is -2.51. The predicted molar refractivity (Wildman–Crippen MR) is 484 cm³/mol. The van der Waals surface area contributed by atoms with Gasteiger partial charge in [0.25, 0.3) is 0 Å². The Morgan fingerprint density at radius 2 is 0.724 bits per heavy atom. The summed E-state index contributed by atoms with van der Waals surface area (Å²) in [7, 11) is 4.22. The molecule has 1 aromatic rings. The van der Waals surface area contributed by atoms with E-state index in [-0.39, 0.29) is 105 Å². The van der Waals surface area contributed by atoms with E-state index in [1.807, 2.05) is 69.2 Å². The molecule has 20 unspecified atom stereocenters. The Bertz CT molecular complexity index is 4560. The molecule has 10 aliphatic rings. The highest BCUT2D eigenvalue weighted by Crippen LogP contribution is 2.48. The average molecular weight is 2070 g/mol. The number of ether oxygens (including phenoxy) is 25. The second-order valence-electron chi connectivity index (χ2n) is 38.2. The van der Waals surface area contributed by atoms with Crippen LogP contribution in [0.5, 0.6) is 0 Å². The molecular formula is C92H140N12O41. The number of esters is 5. The molecule has 0 aliphatic carbocycles. The van der Waals surface area contributed by atoms with Gasteiger partial charge in [0.1, 0.15) is 74.7 Å². The van der Waals surface area contributed by atoms with Crippen molar-refractivity contribution in [2.75, 3.05) is 67.6 Å². The monoisotopic (exact) mass is 2070 g/mol. The number of rotatable bonds is 35. The van der Waals surface area contributed by atoms with Crippen molar-refractivity contribution in [1.82, 2.24) is 0 Å². The fraction of sp³-hybridized carbons (Fsp3) is 0.848. The first kappa shape index (κ1) is 121. The molecule has 10 saturated heterocycles. The predicted octanol–water partition coefficient (Wildman–Crippen LogP) is 6.21. The number of hydrogen-bond donors (Lipinski definition) is 6. The minimum absolute atomic E-state index is 0.0913. The Hall–Kier alpha value is -8.96. The summed E-state index contributed by atoms with van der Waals surface area (Å²) in [6, 6.07) is 4.07. The lowest BCUT2D eigenvalue weighted by Crippen LogP contribution is -2.64. The van der Waals surface area contributed by atoms with E-state index < -0.39 is 293 Å². The van der Waals surface area contributed by atoms with Crippen LogP contribution in [0, 0.1) is 88.8 Å². The Balaban J connectivity index is 0.000000347. The van der Waals surface area contributed by atoms with Crippen molar-refractivity contribution in [2.24, 2.45) is 109 Å². The molecule has 0 saturated carbocycles. The zero-order valence-corrected chi connectivity index (χ0v) is 85.0. The molecule has 6 N–H and O–H groups in total. The van der Waals surface area contributed by atoms with E-state index in [2.05, 4.69) is 40.1 Å². The van der Waals surface area contributed by atoms with Gasteiger partial charge >= 0.3 is 48.1 Å². The van der Waals surface area contributed by atoms with Gasteiger partial charge in [-0.2, -0.15) is 19.2 Å². The van der Waals surface area contributed by atoms with Crippen LogP contribution in [-0.4, -0.2) is 355 Å². The summed E-state index contributed by atoms with van der Waals surface area (Å²) in [6.07, 6.45) is -32.0. The molecule has 10 aliphatic heterocycles. The summed E-state index contributed by atoms with van der Waals surface area (Å²) in [5.74, 6) is -10.8. The number of carbonyl (C=O) groups is 6. The molecule has 11 rings (SSSR count). The second kappa shape index (κ2) is 57.2. The number of azide groups is 4. The second-order valence-corrected chi connectivity index (χ2v) is 38.2. The van der Waals surface area contributed by atoms with Gasteiger partial charge in [-0.1, -0.05) is 143 Å². The van der Waals surface area contributed by atoms with Crippen LogP contribution in [-0.2, 0) is 162 Å². The molecule has 145 heavy (non-hydrogen) atoms. The summed E-state index contributed by atoms with van der Waals surface area (Å²) in [6.45, 7) is 30.8. The van der Waals surface area contributed by atoms with Gasteiger partial charge in [-0.25, -0.2) is 14.4 Å². The van der Waals surface area contributed by atoms with Gasteiger partial charge in [-0.15, -0.1) is 0 Å². The number of nitrogens with zero attached hydrogens (tertiary/aromatic N) is 12. The van der Waals surface area contributed by atoms with Crippen LogP contribution in [0.3, 0.4) is 0 Å². The molecule has 1 aromatic carbocycles. The van der Waals surface area contributed by atoms with E-state index in [1.54, 1.807) is 71.9 Å². The summed E-state index contributed by atoms with van der Waals surface area (Å²) < 4.78 is 153. The quantitative estimate of drug-likeness (QED) is 0.0145. The van der Waals surface area contributed by atoms with Crippen molar-refractivity contribution >= 4 is 48.1 Å². The first-order valence-electron chi connectivity index (χ1n) is 48.1. The smallest absolute Gasteiger partial charge is 0.373 e. The number of hydrogen-bond acceptors (Lipinski definition) is 44. The first-order valence-corrected chi connectivity index (χ1v) is 48.1. The van der Waals surface area contributed by atoms with Crippen molar-refractivity contribution < 1.29 is 197 Å². The number of aliphatic carboxylic acids is 1. The first-order chi connectivity index (χ1) is 68.9. The van der Waals surface area contributed by atoms with Crippen molar-refractivity contribution in [2.45, 2.75) is 341 Å². The van der Waals surface area contributed by atoms with Crippen LogP contribution >= 0.6 is 0 Å². The number of methoxy groups -OCH3 is 3. The van der Waals surface area contributed by atoms with Crippen molar-refractivity contribution in [1.29, 1.82) is 0 Å². The van der Waals surface area contributed by atoms with E-state index >= 15 is 0 Å². The van der Waals surface area contributed by atoms with Gasteiger partial charge in [0.2, 0.25) is 0 Å². The number of carboxylic acid groups (broad SMARTS) is 1. The Labute approximate surface area is 837 Å². The maximum absolute atomic E-state index is 13.9. The molecular weight excluding hydrogens is 1930 g/mol. The number of carboxylic acids is 1. The molecule has 0 aromatic heterocycles. The minimum atomic E-state index is -1.68. The Morgan fingerprint density at radius 3 is 1.19 bits per heavy atom. The zero-order chi connectivity index (χ0) is 108. The van der Waals surface area contributed by atoms with Crippen LogP contribution in [0.15, 0.2) is 50.8 Å².